The summed E-state index contributed by atoms with van der Waals surface area (Å²) >= 11 is 0. The summed E-state index contributed by atoms with van der Waals surface area (Å²) < 4.78 is 0. The van der Waals surface area contributed by atoms with Crippen molar-refractivity contribution in [1.82, 2.24) is 0 Å². The molecular formula is C23H47NO. The van der Waals surface area contributed by atoms with Crippen LogP contribution in [0.1, 0.15) is 142 Å². The molecule has 0 radical (unpaired) electrons. The molecule has 0 aliphatic heterocycles. The standard InChI is InChI=1S/C23H47NO/c1-3-5-7-9-11-13-15-17-19-21-23(24-25)22-20-18-16-14-12-10-8-6-4-2/h25H,3-22H2,1-2H3. The van der Waals surface area contributed by atoms with Gasteiger partial charge in [-0.15, -0.1) is 0 Å². The second kappa shape index (κ2) is 21.5. The highest BCUT2D eigenvalue weighted by Gasteiger charge is 2.01. The molecule has 0 aliphatic carbocycles. The van der Waals surface area contributed by atoms with E-state index in [1.54, 1.807) is 0 Å². The molecule has 0 saturated carbocycles. The average Bonchev–Trinajstić information content (AvgIpc) is 2.63. The Labute approximate surface area is 158 Å². The molecule has 0 spiro atoms. The summed E-state index contributed by atoms with van der Waals surface area (Å²) in [6, 6.07) is 0. The maximum absolute atomic E-state index is 9.16. The smallest absolute Gasteiger partial charge is 0.0570 e. The summed E-state index contributed by atoms with van der Waals surface area (Å²) in [7, 11) is 0. The van der Waals surface area contributed by atoms with E-state index in [0.29, 0.717) is 0 Å². The molecule has 0 saturated heterocycles. The Bertz CT molecular complexity index is 251. The number of rotatable bonds is 20. The number of hydrogen-bond acceptors (Lipinski definition) is 2. The van der Waals surface area contributed by atoms with Crippen molar-refractivity contribution in [3.05, 3.63) is 0 Å². The Balaban J connectivity index is 3.32. The maximum atomic E-state index is 9.16. The van der Waals surface area contributed by atoms with E-state index in [-0.39, 0.29) is 0 Å². The summed E-state index contributed by atoms with van der Waals surface area (Å²) in [6.07, 6.45) is 26.4. The summed E-state index contributed by atoms with van der Waals surface area (Å²) in [4.78, 5) is 0. The minimum atomic E-state index is 1.00. The Kier molecular flexibility index (Phi) is 21.1. The summed E-state index contributed by atoms with van der Waals surface area (Å²) in [6.45, 7) is 4.55. The quantitative estimate of drug-likeness (QED) is 0.101. The van der Waals surface area contributed by atoms with Crippen LogP contribution in [-0.4, -0.2) is 10.9 Å². The first-order valence-electron chi connectivity index (χ1n) is 11.5. The molecule has 0 aromatic carbocycles. The third-order valence-electron chi connectivity index (χ3n) is 5.28. The highest BCUT2D eigenvalue weighted by atomic mass is 16.4. The van der Waals surface area contributed by atoms with Crippen molar-refractivity contribution in [2.45, 2.75) is 142 Å². The number of oxime groups is 1. The zero-order valence-corrected chi connectivity index (χ0v) is 17.5. The van der Waals surface area contributed by atoms with Crippen LogP contribution in [0.15, 0.2) is 5.16 Å². The van der Waals surface area contributed by atoms with Crippen molar-refractivity contribution >= 4 is 5.71 Å². The second-order valence-corrected chi connectivity index (χ2v) is 7.82. The van der Waals surface area contributed by atoms with Crippen LogP contribution < -0.4 is 0 Å². The van der Waals surface area contributed by atoms with Crippen LogP contribution in [0.3, 0.4) is 0 Å². The van der Waals surface area contributed by atoms with Crippen molar-refractivity contribution < 1.29 is 5.21 Å². The largest absolute Gasteiger partial charge is 0.411 e. The van der Waals surface area contributed by atoms with Gasteiger partial charge in [-0.25, -0.2) is 0 Å². The van der Waals surface area contributed by atoms with Gasteiger partial charge in [0, 0.05) is 0 Å². The van der Waals surface area contributed by atoms with Crippen molar-refractivity contribution in [1.29, 1.82) is 0 Å². The molecule has 0 amide bonds. The van der Waals surface area contributed by atoms with E-state index in [1.165, 1.54) is 116 Å². The highest BCUT2D eigenvalue weighted by molar-refractivity contribution is 5.83. The topological polar surface area (TPSA) is 32.6 Å². The lowest BCUT2D eigenvalue weighted by Crippen LogP contribution is -1.99. The molecule has 0 aromatic heterocycles. The summed E-state index contributed by atoms with van der Waals surface area (Å²) in [5.74, 6) is 0. The number of hydrogen-bond donors (Lipinski definition) is 1. The van der Waals surface area contributed by atoms with Gasteiger partial charge in [0.05, 0.1) is 5.71 Å². The fourth-order valence-corrected chi connectivity index (χ4v) is 3.50. The van der Waals surface area contributed by atoms with Gasteiger partial charge in [-0.1, -0.05) is 122 Å². The van der Waals surface area contributed by atoms with Crippen molar-refractivity contribution in [3.8, 4) is 0 Å². The van der Waals surface area contributed by atoms with Gasteiger partial charge >= 0.3 is 0 Å². The van der Waals surface area contributed by atoms with Crippen LogP contribution >= 0.6 is 0 Å². The van der Waals surface area contributed by atoms with E-state index in [2.05, 4.69) is 19.0 Å². The van der Waals surface area contributed by atoms with Crippen LogP contribution in [0.5, 0.6) is 0 Å². The van der Waals surface area contributed by atoms with Gasteiger partial charge in [-0.3, -0.25) is 0 Å². The first-order chi connectivity index (χ1) is 12.3. The molecule has 0 aliphatic rings. The predicted octanol–water partition coefficient (Wildman–Crippen LogP) is 8.66. The second-order valence-electron chi connectivity index (χ2n) is 7.82. The molecule has 25 heavy (non-hydrogen) atoms. The molecule has 0 rings (SSSR count). The van der Waals surface area contributed by atoms with Gasteiger partial charge in [0.1, 0.15) is 0 Å². The van der Waals surface area contributed by atoms with Gasteiger partial charge in [0.15, 0.2) is 0 Å². The van der Waals surface area contributed by atoms with E-state index < -0.39 is 0 Å². The molecule has 150 valence electrons. The fourth-order valence-electron chi connectivity index (χ4n) is 3.50. The monoisotopic (exact) mass is 353 g/mol. The first-order valence-corrected chi connectivity index (χ1v) is 11.5. The van der Waals surface area contributed by atoms with E-state index in [4.69, 9.17) is 5.21 Å². The van der Waals surface area contributed by atoms with Crippen LogP contribution in [-0.2, 0) is 0 Å². The summed E-state index contributed by atoms with van der Waals surface area (Å²) in [5, 5.41) is 12.7. The lowest BCUT2D eigenvalue weighted by atomic mass is 10.0. The van der Waals surface area contributed by atoms with Crippen LogP contribution in [0.2, 0.25) is 0 Å². The van der Waals surface area contributed by atoms with Gasteiger partial charge in [-0.2, -0.15) is 0 Å². The van der Waals surface area contributed by atoms with E-state index in [9.17, 15) is 0 Å². The van der Waals surface area contributed by atoms with E-state index in [1.807, 2.05) is 0 Å². The Morgan fingerprint density at radius 3 is 1.04 bits per heavy atom. The molecular weight excluding hydrogens is 306 g/mol. The molecule has 0 heterocycles. The molecule has 1 N–H and O–H groups in total. The van der Waals surface area contributed by atoms with Gasteiger partial charge in [0.2, 0.25) is 0 Å². The molecule has 0 aromatic rings. The van der Waals surface area contributed by atoms with Crippen LogP contribution in [0.25, 0.3) is 0 Å². The lowest BCUT2D eigenvalue weighted by Gasteiger charge is -2.05. The van der Waals surface area contributed by atoms with Crippen LogP contribution in [0, 0.1) is 0 Å². The highest BCUT2D eigenvalue weighted by Crippen LogP contribution is 2.14. The SMILES string of the molecule is CCCCCCCCCCCC(CCCCCCCCCCC)=NO. The van der Waals surface area contributed by atoms with Gasteiger partial charge in [0.25, 0.3) is 0 Å². The minimum absolute atomic E-state index is 1.00. The molecule has 0 unspecified atom stereocenters. The van der Waals surface area contributed by atoms with Crippen molar-refractivity contribution in [2.24, 2.45) is 5.16 Å². The van der Waals surface area contributed by atoms with Crippen molar-refractivity contribution in [3.63, 3.8) is 0 Å². The Hall–Kier alpha value is -0.530. The fraction of sp³-hybridized carbons (Fsp3) is 0.957. The number of nitrogens with zero attached hydrogens (tertiary/aromatic N) is 1. The number of unbranched alkanes of at least 4 members (excludes halogenated alkanes) is 16. The van der Waals surface area contributed by atoms with Gasteiger partial charge < -0.3 is 5.21 Å². The van der Waals surface area contributed by atoms with E-state index in [0.717, 1.165) is 18.6 Å². The first kappa shape index (κ1) is 24.5. The Morgan fingerprint density at radius 1 is 0.480 bits per heavy atom. The minimum Gasteiger partial charge on any atom is -0.411 e. The zero-order valence-electron chi connectivity index (χ0n) is 17.5. The predicted molar refractivity (Wildman–Crippen MR) is 113 cm³/mol. The van der Waals surface area contributed by atoms with Crippen molar-refractivity contribution in [2.75, 3.05) is 0 Å². The normalized spacial score (nSPS) is 11.0. The molecule has 2 nitrogen and oxygen atoms in total. The molecule has 0 bridgehead atoms. The molecule has 0 atom stereocenters. The molecule has 0 fully saturated rings. The lowest BCUT2D eigenvalue weighted by molar-refractivity contribution is 0.315. The zero-order chi connectivity index (χ0) is 18.4. The average molecular weight is 354 g/mol. The summed E-state index contributed by atoms with van der Waals surface area (Å²) in [5.41, 5.74) is 1.03. The van der Waals surface area contributed by atoms with Gasteiger partial charge in [-0.05, 0) is 25.7 Å². The Morgan fingerprint density at radius 2 is 0.760 bits per heavy atom. The third-order valence-corrected chi connectivity index (χ3v) is 5.28. The van der Waals surface area contributed by atoms with E-state index >= 15 is 0 Å². The molecule has 2 heteroatoms. The third kappa shape index (κ3) is 19.6. The van der Waals surface area contributed by atoms with Crippen LogP contribution in [0.4, 0.5) is 0 Å². The maximum Gasteiger partial charge on any atom is 0.0570 e.